The molecule has 0 fully saturated rings. The van der Waals surface area contributed by atoms with Crippen molar-refractivity contribution in [2.75, 3.05) is 5.75 Å². The van der Waals surface area contributed by atoms with Crippen LogP contribution in [0.5, 0.6) is 0 Å². The first kappa shape index (κ1) is 19.7. The van der Waals surface area contributed by atoms with Crippen molar-refractivity contribution >= 4 is 17.5 Å². The Balaban J connectivity index is 1.46. The lowest BCUT2D eigenvalue weighted by atomic mass is 10.0. The van der Waals surface area contributed by atoms with Gasteiger partial charge < -0.3 is 0 Å². The van der Waals surface area contributed by atoms with E-state index in [0.717, 1.165) is 41.0 Å². The smallest absolute Gasteiger partial charge is 0.196 e. The van der Waals surface area contributed by atoms with Crippen LogP contribution in [0, 0.1) is 6.92 Å². The van der Waals surface area contributed by atoms with E-state index in [1.807, 2.05) is 41.0 Å². The summed E-state index contributed by atoms with van der Waals surface area (Å²) >= 11 is 1.42. The van der Waals surface area contributed by atoms with E-state index in [1.54, 1.807) is 12.4 Å². The molecule has 0 N–H and O–H groups in total. The van der Waals surface area contributed by atoms with E-state index in [4.69, 9.17) is 0 Å². The van der Waals surface area contributed by atoms with Crippen LogP contribution in [0.2, 0.25) is 0 Å². The Hall–Kier alpha value is -3.25. The Bertz CT molecular complexity index is 1250. The highest BCUT2D eigenvalue weighted by Crippen LogP contribution is 2.30. The van der Waals surface area contributed by atoms with Crippen LogP contribution in [-0.2, 0) is 12.8 Å². The van der Waals surface area contributed by atoms with E-state index in [-0.39, 0.29) is 5.78 Å². The summed E-state index contributed by atoms with van der Waals surface area (Å²) in [6, 6.07) is 18.1. The minimum atomic E-state index is 0.113. The van der Waals surface area contributed by atoms with Crippen molar-refractivity contribution in [1.29, 1.82) is 0 Å². The van der Waals surface area contributed by atoms with Crippen LogP contribution in [0.15, 0.2) is 72.1 Å². The second kappa shape index (κ2) is 8.47. The largest absolute Gasteiger partial charge is 0.293 e. The number of nitrogens with zero attached hydrogens (tertiary/aromatic N) is 4. The number of carbonyl (C=O) groups is 1. The molecule has 2 aromatic carbocycles. The van der Waals surface area contributed by atoms with Crippen LogP contribution in [-0.4, -0.2) is 31.3 Å². The highest BCUT2D eigenvalue weighted by molar-refractivity contribution is 7.99. The van der Waals surface area contributed by atoms with Crippen molar-refractivity contribution < 1.29 is 4.79 Å². The first-order valence-corrected chi connectivity index (χ1v) is 11.4. The topological polar surface area (TPSA) is 60.7 Å². The molecule has 1 aliphatic rings. The lowest BCUT2D eigenvalue weighted by molar-refractivity contribution is 0.102. The summed E-state index contributed by atoms with van der Waals surface area (Å²) in [6.07, 6.45) is 6.89. The third kappa shape index (κ3) is 3.91. The van der Waals surface area contributed by atoms with Gasteiger partial charge in [0.1, 0.15) is 0 Å². The summed E-state index contributed by atoms with van der Waals surface area (Å²) in [4.78, 5) is 17.1. The van der Waals surface area contributed by atoms with Crippen molar-refractivity contribution in [2.24, 2.45) is 0 Å². The van der Waals surface area contributed by atoms with Crippen LogP contribution in [0.4, 0.5) is 0 Å². The monoisotopic (exact) mass is 426 g/mol. The summed E-state index contributed by atoms with van der Waals surface area (Å²) in [5.74, 6) is 1.15. The molecular formula is C25H22N4OS. The van der Waals surface area contributed by atoms with E-state index in [9.17, 15) is 4.79 Å². The Morgan fingerprint density at radius 1 is 1.03 bits per heavy atom. The Morgan fingerprint density at radius 2 is 1.90 bits per heavy atom. The number of pyridine rings is 1. The molecule has 0 aliphatic heterocycles. The second-order valence-corrected chi connectivity index (χ2v) is 8.66. The zero-order valence-corrected chi connectivity index (χ0v) is 18.1. The maximum absolute atomic E-state index is 12.9. The molecule has 0 radical (unpaired) electrons. The molecule has 154 valence electrons. The lowest BCUT2D eigenvalue weighted by Crippen LogP contribution is -2.06. The van der Waals surface area contributed by atoms with Gasteiger partial charge >= 0.3 is 0 Å². The third-order valence-electron chi connectivity index (χ3n) is 5.66. The van der Waals surface area contributed by atoms with Gasteiger partial charge in [-0.25, -0.2) is 0 Å². The molecule has 0 bridgehead atoms. The van der Waals surface area contributed by atoms with Crippen LogP contribution >= 0.6 is 11.8 Å². The van der Waals surface area contributed by atoms with Gasteiger partial charge in [0, 0.05) is 23.5 Å². The van der Waals surface area contributed by atoms with Crippen LogP contribution in [0.3, 0.4) is 0 Å². The van der Waals surface area contributed by atoms with Crippen molar-refractivity contribution in [1.82, 2.24) is 19.7 Å². The standard InChI is InChI=1S/C25H22N4OS/c1-17-6-2-3-10-22(17)29-24(21-9-5-13-26-15-21)27-28-25(29)31-16-23(30)20-12-11-18-7-4-8-19(18)14-20/h2-3,5-6,9-15H,4,7-8,16H2,1H3. The van der Waals surface area contributed by atoms with Crippen LogP contribution < -0.4 is 0 Å². The van der Waals surface area contributed by atoms with Gasteiger partial charge in [0.2, 0.25) is 0 Å². The number of carbonyl (C=O) groups excluding carboxylic acids is 1. The van der Waals surface area contributed by atoms with E-state index in [2.05, 4.69) is 40.3 Å². The molecule has 2 aromatic heterocycles. The normalized spacial score (nSPS) is 12.7. The van der Waals surface area contributed by atoms with Gasteiger partial charge in [-0.15, -0.1) is 10.2 Å². The highest BCUT2D eigenvalue weighted by Gasteiger charge is 2.20. The maximum atomic E-state index is 12.9. The SMILES string of the molecule is Cc1ccccc1-n1c(SCC(=O)c2ccc3c(c2)CCC3)nnc1-c1cccnc1. The van der Waals surface area contributed by atoms with Gasteiger partial charge in [-0.05, 0) is 67.1 Å². The van der Waals surface area contributed by atoms with Gasteiger partial charge in [-0.1, -0.05) is 42.1 Å². The average molecular weight is 427 g/mol. The fraction of sp³-hybridized carbons (Fsp3) is 0.200. The first-order chi connectivity index (χ1) is 15.2. The van der Waals surface area contributed by atoms with Gasteiger partial charge in [-0.3, -0.25) is 14.3 Å². The number of thioether (sulfide) groups is 1. The minimum Gasteiger partial charge on any atom is -0.293 e. The van der Waals surface area contributed by atoms with E-state index < -0.39 is 0 Å². The van der Waals surface area contributed by atoms with Crippen molar-refractivity contribution in [3.63, 3.8) is 0 Å². The van der Waals surface area contributed by atoms with Gasteiger partial charge in [-0.2, -0.15) is 0 Å². The molecule has 4 aromatic rings. The highest BCUT2D eigenvalue weighted by atomic mass is 32.2. The number of benzene rings is 2. The van der Waals surface area contributed by atoms with E-state index in [1.165, 1.54) is 29.3 Å². The molecule has 31 heavy (non-hydrogen) atoms. The summed E-state index contributed by atoms with van der Waals surface area (Å²) in [5.41, 5.74) is 6.47. The molecular weight excluding hydrogens is 404 g/mol. The molecule has 2 heterocycles. The number of rotatable bonds is 6. The number of hydrogen-bond acceptors (Lipinski definition) is 5. The van der Waals surface area contributed by atoms with E-state index in [0.29, 0.717) is 10.9 Å². The third-order valence-corrected chi connectivity index (χ3v) is 6.59. The molecule has 1 aliphatic carbocycles. The second-order valence-electron chi connectivity index (χ2n) is 7.72. The van der Waals surface area contributed by atoms with Gasteiger partial charge in [0.15, 0.2) is 16.8 Å². The molecule has 0 spiro atoms. The van der Waals surface area contributed by atoms with E-state index >= 15 is 0 Å². The zero-order chi connectivity index (χ0) is 21.2. The van der Waals surface area contributed by atoms with Crippen LogP contribution in [0.1, 0.15) is 33.5 Å². The maximum Gasteiger partial charge on any atom is 0.196 e. The molecule has 0 unspecified atom stereocenters. The van der Waals surface area contributed by atoms with Crippen molar-refractivity contribution in [2.45, 2.75) is 31.3 Å². The first-order valence-electron chi connectivity index (χ1n) is 10.4. The number of ketones is 1. The summed E-state index contributed by atoms with van der Waals surface area (Å²) in [5, 5.41) is 9.57. The number of aryl methyl sites for hydroxylation is 3. The van der Waals surface area contributed by atoms with Gasteiger partial charge in [0.05, 0.1) is 11.4 Å². The minimum absolute atomic E-state index is 0.113. The molecule has 0 atom stereocenters. The molecule has 0 saturated heterocycles. The van der Waals surface area contributed by atoms with Gasteiger partial charge in [0.25, 0.3) is 0 Å². The molecule has 0 saturated carbocycles. The summed E-state index contributed by atoms with van der Waals surface area (Å²) in [7, 11) is 0. The summed E-state index contributed by atoms with van der Waals surface area (Å²) in [6.45, 7) is 2.06. The quantitative estimate of drug-likeness (QED) is 0.317. The molecule has 6 heteroatoms. The molecule has 0 amide bonds. The van der Waals surface area contributed by atoms with Crippen molar-refractivity contribution in [3.05, 3.63) is 89.2 Å². The Morgan fingerprint density at radius 3 is 2.74 bits per heavy atom. The summed E-state index contributed by atoms with van der Waals surface area (Å²) < 4.78 is 2.02. The number of fused-ring (bicyclic) bond motifs is 1. The van der Waals surface area contributed by atoms with Crippen LogP contribution in [0.25, 0.3) is 17.1 Å². The predicted octanol–water partition coefficient (Wildman–Crippen LogP) is 5.10. The fourth-order valence-corrected chi connectivity index (χ4v) is 4.87. The fourth-order valence-electron chi connectivity index (χ4n) is 4.04. The predicted molar refractivity (Wildman–Crippen MR) is 123 cm³/mol. The average Bonchev–Trinajstić information content (AvgIpc) is 3.45. The number of aromatic nitrogens is 4. The number of para-hydroxylation sites is 1. The molecule has 5 nitrogen and oxygen atoms in total. The number of hydrogen-bond donors (Lipinski definition) is 0. The Labute approximate surface area is 185 Å². The number of Topliss-reactive ketones (excluding diaryl/α,β-unsaturated/α-hetero) is 1. The Kier molecular flexibility index (Phi) is 5.38. The van der Waals surface area contributed by atoms with Crippen molar-refractivity contribution in [3.8, 4) is 17.1 Å². The zero-order valence-electron chi connectivity index (χ0n) is 17.3. The molecule has 5 rings (SSSR count). The lowest BCUT2D eigenvalue weighted by Gasteiger charge is -2.12.